The van der Waals surface area contributed by atoms with E-state index >= 15 is 0 Å². The second-order valence-electron chi connectivity index (χ2n) is 3.52. The highest BCUT2D eigenvalue weighted by Crippen LogP contribution is 2.28. The van der Waals surface area contributed by atoms with Gasteiger partial charge in [0.05, 0.1) is 7.11 Å². The molecule has 90 valence electrons. The summed E-state index contributed by atoms with van der Waals surface area (Å²) in [5.74, 6) is -0.524. The van der Waals surface area contributed by atoms with Crippen molar-refractivity contribution in [3.8, 4) is 0 Å². The number of halogens is 1. The number of methoxy groups -OCH3 is 1. The van der Waals surface area contributed by atoms with Crippen molar-refractivity contribution in [2.45, 2.75) is 12.1 Å². The van der Waals surface area contributed by atoms with Crippen molar-refractivity contribution < 1.29 is 19.1 Å². The van der Waals surface area contributed by atoms with E-state index in [0.29, 0.717) is 0 Å². The van der Waals surface area contributed by atoms with E-state index in [0.717, 1.165) is 10.0 Å². The molecule has 1 heterocycles. The fourth-order valence-electron chi connectivity index (χ4n) is 1.64. The molecule has 1 saturated heterocycles. The summed E-state index contributed by atoms with van der Waals surface area (Å²) in [6.45, 7) is 0. The number of hydrogen-bond donors (Lipinski definition) is 1. The van der Waals surface area contributed by atoms with E-state index in [1.807, 2.05) is 12.1 Å². The number of ether oxygens (including phenoxy) is 2. The molecule has 0 bridgehead atoms. The second kappa shape index (κ2) is 4.75. The highest BCUT2D eigenvalue weighted by molar-refractivity contribution is 9.10. The first-order valence-electron chi connectivity index (χ1n) is 4.92. The predicted molar refractivity (Wildman–Crippen MR) is 62.3 cm³/mol. The highest BCUT2D eigenvalue weighted by Gasteiger charge is 2.40. The molecule has 0 aliphatic carbocycles. The van der Waals surface area contributed by atoms with Gasteiger partial charge >= 0.3 is 12.1 Å². The van der Waals surface area contributed by atoms with E-state index in [1.165, 1.54) is 7.11 Å². The third-order valence-electron chi connectivity index (χ3n) is 2.46. The summed E-state index contributed by atoms with van der Waals surface area (Å²) in [7, 11) is 1.27. The minimum atomic E-state index is -0.798. The van der Waals surface area contributed by atoms with Gasteiger partial charge in [-0.05, 0) is 17.7 Å². The van der Waals surface area contributed by atoms with E-state index in [1.54, 1.807) is 12.1 Å². The first-order chi connectivity index (χ1) is 8.11. The van der Waals surface area contributed by atoms with Crippen molar-refractivity contribution in [2.24, 2.45) is 0 Å². The number of alkyl carbamates (subject to hydrolysis) is 1. The maximum Gasteiger partial charge on any atom is 0.408 e. The molecule has 2 unspecified atom stereocenters. The van der Waals surface area contributed by atoms with Crippen LogP contribution in [-0.2, 0) is 14.3 Å². The monoisotopic (exact) mass is 299 g/mol. The maximum absolute atomic E-state index is 11.5. The van der Waals surface area contributed by atoms with Gasteiger partial charge < -0.3 is 14.8 Å². The molecule has 5 nitrogen and oxygen atoms in total. The molecule has 1 aromatic rings. The number of rotatable bonds is 2. The van der Waals surface area contributed by atoms with Gasteiger partial charge in [-0.3, -0.25) is 0 Å². The number of hydrogen-bond acceptors (Lipinski definition) is 4. The van der Waals surface area contributed by atoms with Gasteiger partial charge in [0.1, 0.15) is 0 Å². The van der Waals surface area contributed by atoms with E-state index in [4.69, 9.17) is 4.74 Å². The van der Waals surface area contributed by atoms with Crippen molar-refractivity contribution in [1.82, 2.24) is 5.32 Å². The Morgan fingerprint density at radius 2 is 2.06 bits per heavy atom. The summed E-state index contributed by atoms with van der Waals surface area (Å²) < 4.78 is 10.6. The van der Waals surface area contributed by atoms with Crippen LogP contribution in [0.5, 0.6) is 0 Å². The van der Waals surface area contributed by atoms with Crippen molar-refractivity contribution >= 4 is 28.0 Å². The molecule has 2 rings (SSSR count). The Labute approximate surface area is 106 Å². The fourth-order valence-corrected chi connectivity index (χ4v) is 1.91. The van der Waals surface area contributed by atoms with Crippen LogP contribution in [0.4, 0.5) is 4.79 Å². The van der Waals surface area contributed by atoms with Crippen molar-refractivity contribution in [1.29, 1.82) is 0 Å². The van der Waals surface area contributed by atoms with Gasteiger partial charge in [-0.1, -0.05) is 28.1 Å². The Bertz CT molecular complexity index is 445. The molecule has 1 N–H and O–H groups in total. The standard InChI is InChI=1S/C11H10BrNO4/c1-16-10(14)8-9(17-11(15)13-8)6-2-4-7(12)5-3-6/h2-5,8-9H,1H3,(H,13,15). The van der Waals surface area contributed by atoms with Gasteiger partial charge in [0.25, 0.3) is 0 Å². The predicted octanol–water partition coefficient (Wildman–Crippen LogP) is 1.77. The number of cyclic esters (lactones) is 1. The first kappa shape index (κ1) is 11.9. The van der Waals surface area contributed by atoms with Gasteiger partial charge in [0.15, 0.2) is 12.1 Å². The van der Waals surface area contributed by atoms with Gasteiger partial charge in [0, 0.05) is 4.47 Å². The Hall–Kier alpha value is -1.56. The average molecular weight is 300 g/mol. The maximum atomic E-state index is 11.5. The lowest BCUT2D eigenvalue weighted by molar-refractivity contribution is -0.144. The molecule has 0 radical (unpaired) electrons. The zero-order valence-corrected chi connectivity index (χ0v) is 10.6. The van der Waals surface area contributed by atoms with Gasteiger partial charge in [-0.2, -0.15) is 0 Å². The summed E-state index contributed by atoms with van der Waals surface area (Å²) in [5.41, 5.74) is 0.738. The summed E-state index contributed by atoms with van der Waals surface area (Å²) in [6, 6.07) is 6.40. The lowest BCUT2D eigenvalue weighted by atomic mass is 10.0. The molecule has 1 aliphatic rings. The van der Waals surface area contributed by atoms with Crippen LogP contribution in [0.1, 0.15) is 11.7 Å². The third-order valence-corrected chi connectivity index (χ3v) is 2.99. The third kappa shape index (κ3) is 2.41. The molecule has 0 aromatic heterocycles. The summed E-state index contributed by atoms with van der Waals surface area (Å²) >= 11 is 3.31. The van der Waals surface area contributed by atoms with Crippen LogP contribution >= 0.6 is 15.9 Å². The van der Waals surface area contributed by atoms with Crippen LogP contribution in [0.2, 0.25) is 0 Å². The van der Waals surface area contributed by atoms with Crippen LogP contribution in [0, 0.1) is 0 Å². The minimum Gasteiger partial charge on any atom is -0.467 e. The normalized spacial score (nSPS) is 22.8. The molecule has 1 aliphatic heterocycles. The number of benzene rings is 1. The number of amides is 1. The molecule has 1 fully saturated rings. The van der Waals surface area contributed by atoms with Crippen molar-refractivity contribution in [3.05, 3.63) is 34.3 Å². The van der Waals surface area contributed by atoms with E-state index < -0.39 is 24.2 Å². The first-order valence-corrected chi connectivity index (χ1v) is 5.71. The summed E-state index contributed by atoms with van der Waals surface area (Å²) in [5, 5.41) is 2.42. The van der Waals surface area contributed by atoms with Gasteiger partial charge in [0.2, 0.25) is 0 Å². The molecule has 2 atom stereocenters. The lowest BCUT2D eigenvalue weighted by Crippen LogP contribution is -2.36. The van der Waals surface area contributed by atoms with E-state index in [-0.39, 0.29) is 0 Å². The van der Waals surface area contributed by atoms with Gasteiger partial charge in [-0.15, -0.1) is 0 Å². The van der Waals surface area contributed by atoms with Crippen LogP contribution < -0.4 is 5.32 Å². The van der Waals surface area contributed by atoms with Crippen molar-refractivity contribution in [3.63, 3.8) is 0 Å². The van der Waals surface area contributed by atoms with Gasteiger partial charge in [-0.25, -0.2) is 9.59 Å². The molecule has 1 amide bonds. The fraction of sp³-hybridized carbons (Fsp3) is 0.273. The number of carbonyl (C=O) groups excluding carboxylic acids is 2. The lowest BCUT2D eigenvalue weighted by Gasteiger charge is -2.14. The zero-order chi connectivity index (χ0) is 12.4. The Balaban J connectivity index is 2.26. The Morgan fingerprint density at radius 1 is 1.41 bits per heavy atom. The van der Waals surface area contributed by atoms with Crippen molar-refractivity contribution in [2.75, 3.05) is 7.11 Å². The largest absolute Gasteiger partial charge is 0.467 e. The molecule has 1 aromatic carbocycles. The van der Waals surface area contributed by atoms with E-state index in [2.05, 4.69) is 26.0 Å². The van der Waals surface area contributed by atoms with Crippen LogP contribution in [0.25, 0.3) is 0 Å². The Morgan fingerprint density at radius 3 is 2.65 bits per heavy atom. The molecule has 0 saturated carbocycles. The average Bonchev–Trinajstić information content (AvgIpc) is 2.71. The SMILES string of the molecule is COC(=O)C1NC(=O)OC1c1ccc(Br)cc1. The van der Waals surface area contributed by atoms with Crippen LogP contribution in [0.15, 0.2) is 28.7 Å². The number of carbonyl (C=O) groups is 2. The second-order valence-corrected chi connectivity index (χ2v) is 4.44. The highest BCUT2D eigenvalue weighted by atomic mass is 79.9. The Kier molecular flexibility index (Phi) is 3.33. The topological polar surface area (TPSA) is 64.6 Å². The minimum absolute atomic E-state index is 0.524. The molecule has 17 heavy (non-hydrogen) atoms. The smallest absolute Gasteiger partial charge is 0.408 e. The summed E-state index contributed by atoms with van der Waals surface area (Å²) in [4.78, 5) is 22.7. The van der Waals surface area contributed by atoms with Crippen LogP contribution in [0.3, 0.4) is 0 Å². The molecular weight excluding hydrogens is 290 g/mol. The number of esters is 1. The summed E-state index contributed by atoms with van der Waals surface area (Å²) in [6.07, 6.45) is -1.27. The molecule has 6 heteroatoms. The zero-order valence-electron chi connectivity index (χ0n) is 8.98. The molecule has 0 spiro atoms. The molecular formula is C11H10BrNO4. The number of nitrogens with one attached hydrogen (secondary N) is 1. The quantitative estimate of drug-likeness (QED) is 0.845. The van der Waals surface area contributed by atoms with E-state index in [9.17, 15) is 9.59 Å². The van der Waals surface area contributed by atoms with Crippen LogP contribution in [-0.4, -0.2) is 25.2 Å².